The zero-order valence-electron chi connectivity index (χ0n) is 19.5. The Morgan fingerprint density at radius 1 is 0.912 bits per heavy atom. The van der Waals surface area contributed by atoms with E-state index in [0.29, 0.717) is 17.0 Å². The number of nitrogens with one attached hydrogen (secondary N) is 1. The number of hydrogen-bond acceptors (Lipinski definition) is 2. The van der Waals surface area contributed by atoms with Crippen LogP contribution in [0.4, 0.5) is 4.39 Å². The van der Waals surface area contributed by atoms with Crippen molar-refractivity contribution in [2.75, 3.05) is 0 Å². The fourth-order valence-corrected chi connectivity index (χ4v) is 3.79. The largest absolute Gasteiger partial charge is 0.352 e. The SMILES string of the molecule is CC[C@H](C)NC(=O)[C@@H](Cc1ccccc1)N(Cc1ccc(Cl)cc1)C(=O)Cc1ccc(F)cc1. The summed E-state index contributed by atoms with van der Waals surface area (Å²) in [6, 6.07) is 22.0. The molecule has 0 aliphatic rings. The van der Waals surface area contributed by atoms with Crippen molar-refractivity contribution in [3.63, 3.8) is 0 Å². The van der Waals surface area contributed by atoms with Crippen molar-refractivity contribution >= 4 is 23.4 Å². The Balaban J connectivity index is 1.95. The van der Waals surface area contributed by atoms with Crippen LogP contribution in [-0.4, -0.2) is 28.8 Å². The van der Waals surface area contributed by atoms with Gasteiger partial charge in [0, 0.05) is 24.0 Å². The molecule has 6 heteroatoms. The van der Waals surface area contributed by atoms with E-state index in [1.54, 1.807) is 29.2 Å². The highest BCUT2D eigenvalue weighted by Crippen LogP contribution is 2.18. The maximum absolute atomic E-state index is 13.6. The van der Waals surface area contributed by atoms with Crippen LogP contribution < -0.4 is 5.32 Å². The summed E-state index contributed by atoms with van der Waals surface area (Å²) in [6.45, 7) is 4.20. The summed E-state index contributed by atoms with van der Waals surface area (Å²) in [6.07, 6.45) is 1.23. The van der Waals surface area contributed by atoms with Gasteiger partial charge in [0.2, 0.25) is 11.8 Å². The monoisotopic (exact) mass is 480 g/mol. The maximum Gasteiger partial charge on any atom is 0.243 e. The van der Waals surface area contributed by atoms with Gasteiger partial charge in [-0.05, 0) is 54.3 Å². The second-order valence-corrected chi connectivity index (χ2v) is 8.91. The van der Waals surface area contributed by atoms with E-state index in [9.17, 15) is 14.0 Å². The average molecular weight is 481 g/mol. The van der Waals surface area contributed by atoms with Gasteiger partial charge in [-0.1, -0.05) is 73.1 Å². The topological polar surface area (TPSA) is 49.4 Å². The highest BCUT2D eigenvalue weighted by atomic mass is 35.5. The number of benzene rings is 3. The van der Waals surface area contributed by atoms with Crippen molar-refractivity contribution in [2.24, 2.45) is 0 Å². The molecule has 0 fully saturated rings. The van der Waals surface area contributed by atoms with Gasteiger partial charge in [0.05, 0.1) is 6.42 Å². The van der Waals surface area contributed by atoms with Crippen LogP contribution in [-0.2, 0) is 29.0 Å². The first-order valence-electron chi connectivity index (χ1n) is 11.5. The Morgan fingerprint density at radius 3 is 2.15 bits per heavy atom. The van der Waals surface area contributed by atoms with Crippen LogP contribution in [0.2, 0.25) is 5.02 Å². The number of rotatable bonds is 10. The molecule has 34 heavy (non-hydrogen) atoms. The third-order valence-electron chi connectivity index (χ3n) is 5.81. The maximum atomic E-state index is 13.6. The summed E-state index contributed by atoms with van der Waals surface area (Å²) in [5, 5.41) is 3.65. The highest BCUT2D eigenvalue weighted by Gasteiger charge is 2.31. The first-order chi connectivity index (χ1) is 16.4. The molecule has 2 atom stereocenters. The standard InChI is InChI=1S/C28H30ClFN2O2/c1-3-20(2)31-28(34)26(17-21-7-5-4-6-8-21)32(19-23-9-13-24(29)14-10-23)27(33)18-22-11-15-25(30)16-12-22/h4-16,20,26H,3,17-19H2,1-2H3,(H,31,34)/t20-,26+/m0/s1. The Kier molecular flexibility index (Phi) is 9.23. The molecule has 2 amide bonds. The summed E-state index contributed by atoms with van der Waals surface area (Å²) in [5.41, 5.74) is 2.52. The summed E-state index contributed by atoms with van der Waals surface area (Å²) < 4.78 is 13.4. The lowest BCUT2D eigenvalue weighted by Crippen LogP contribution is -2.52. The van der Waals surface area contributed by atoms with Gasteiger partial charge in [0.15, 0.2) is 0 Å². The van der Waals surface area contributed by atoms with E-state index in [1.165, 1.54) is 12.1 Å². The zero-order chi connectivity index (χ0) is 24.5. The number of amides is 2. The second-order valence-electron chi connectivity index (χ2n) is 8.47. The van der Waals surface area contributed by atoms with Gasteiger partial charge in [-0.3, -0.25) is 9.59 Å². The third-order valence-corrected chi connectivity index (χ3v) is 6.06. The van der Waals surface area contributed by atoms with Crippen molar-refractivity contribution < 1.29 is 14.0 Å². The molecule has 0 heterocycles. The average Bonchev–Trinajstić information content (AvgIpc) is 2.84. The smallest absolute Gasteiger partial charge is 0.243 e. The van der Waals surface area contributed by atoms with Crippen LogP contribution in [0, 0.1) is 5.82 Å². The molecule has 178 valence electrons. The lowest BCUT2D eigenvalue weighted by atomic mass is 10.0. The van der Waals surface area contributed by atoms with E-state index in [0.717, 1.165) is 17.5 Å². The van der Waals surface area contributed by atoms with Gasteiger partial charge >= 0.3 is 0 Å². The van der Waals surface area contributed by atoms with Crippen LogP contribution in [0.5, 0.6) is 0 Å². The van der Waals surface area contributed by atoms with Gasteiger partial charge < -0.3 is 10.2 Å². The fourth-order valence-electron chi connectivity index (χ4n) is 3.66. The van der Waals surface area contributed by atoms with E-state index in [2.05, 4.69) is 5.32 Å². The van der Waals surface area contributed by atoms with Crippen molar-refractivity contribution in [2.45, 2.75) is 51.7 Å². The Hall–Kier alpha value is -3.18. The van der Waals surface area contributed by atoms with Crippen LogP contribution in [0.1, 0.15) is 37.0 Å². The van der Waals surface area contributed by atoms with Crippen LogP contribution in [0.25, 0.3) is 0 Å². The predicted molar refractivity (Wildman–Crippen MR) is 134 cm³/mol. The minimum Gasteiger partial charge on any atom is -0.352 e. The predicted octanol–water partition coefficient (Wildman–Crippen LogP) is 5.58. The van der Waals surface area contributed by atoms with Crippen LogP contribution >= 0.6 is 11.6 Å². The number of nitrogens with zero attached hydrogens (tertiary/aromatic N) is 1. The van der Waals surface area contributed by atoms with Crippen LogP contribution in [0.15, 0.2) is 78.9 Å². The minimum atomic E-state index is -0.708. The molecule has 4 nitrogen and oxygen atoms in total. The lowest BCUT2D eigenvalue weighted by molar-refractivity contribution is -0.141. The first kappa shape index (κ1) is 25.4. The molecule has 0 saturated carbocycles. The second kappa shape index (κ2) is 12.3. The summed E-state index contributed by atoms with van der Waals surface area (Å²) in [4.78, 5) is 28.6. The molecule has 0 radical (unpaired) electrons. The van der Waals surface area contributed by atoms with Gasteiger partial charge in [-0.2, -0.15) is 0 Å². The zero-order valence-corrected chi connectivity index (χ0v) is 20.3. The summed E-state index contributed by atoms with van der Waals surface area (Å²) >= 11 is 6.05. The highest BCUT2D eigenvalue weighted by molar-refractivity contribution is 6.30. The van der Waals surface area contributed by atoms with Gasteiger partial charge in [-0.15, -0.1) is 0 Å². The van der Waals surface area contributed by atoms with Crippen molar-refractivity contribution in [3.05, 3.63) is 106 Å². The minimum absolute atomic E-state index is 0.0182. The number of hydrogen-bond donors (Lipinski definition) is 1. The third kappa shape index (κ3) is 7.42. The number of carbonyl (C=O) groups is 2. The van der Waals surface area contributed by atoms with Gasteiger partial charge in [0.25, 0.3) is 0 Å². The molecule has 1 N–H and O–H groups in total. The van der Waals surface area contributed by atoms with E-state index >= 15 is 0 Å². The molecule has 0 unspecified atom stereocenters. The molecule has 0 aromatic heterocycles. The number of carbonyl (C=O) groups excluding carboxylic acids is 2. The summed E-state index contributed by atoms with van der Waals surface area (Å²) in [7, 11) is 0. The Labute approximate surface area is 205 Å². The Bertz CT molecular complexity index is 1070. The van der Waals surface area contributed by atoms with Gasteiger partial charge in [-0.25, -0.2) is 4.39 Å². The molecular weight excluding hydrogens is 451 g/mol. The summed E-state index contributed by atoms with van der Waals surface area (Å²) in [5.74, 6) is -0.759. The number of halogens is 2. The molecule has 0 saturated heterocycles. The van der Waals surface area contributed by atoms with E-state index in [-0.39, 0.29) is 36.6 Å². The Morgan fingerprint density at radius 2 is 1.53 bits per heavy atom. The van der Waals surface area contributed by atoms with Crippen LogP contribution in [0.3, 0.4) is 0 Å². The van der Waals surface area contributed by atoms with Crippen molar-refractivity contribution in [3.8, 4) is 0 Å². The molecule has 3 aromatic rings. The molecule has 0 aliphatic heterocycles. The normalized spacial score (nSPS) is 12.6. The molecular formula is C28H30ClFN2O2. The quantitative estimate of drug-likeness (QED) is 0.412. The van der Waals surface area contributed by atoms with Gasteiger partial charge in [0.1, 0.15) is 11.9 Å². The molecule has 0 bridgehead atoms. The van der Waals surface area contributed by atoms with E-state index < -0.39 is 6.04 Å². The van der Waals surface area contributed by atoms with Crippen molar-refractivity contribution in [1.29, 1.82) is 0 Å². The lowest BCUT2D eigenvalue weighted by Gasteiger charge is -2.32. The van der Waals surface area contributed by atoms with Crippen molar-refractivity contribution in [1.82, 2.24) is 10.2 Å². The van der Waals surface area contributed by atoms with E-state index in [4.69, 9.17) is 11.6 Å². The molecule has 3 rings (SSSR count). The first-order valence-corrected chi connectivity index (χ1v) is 11.9. The van der Waals surface area contributed by atoms with E-state index in [1.807, 2.05) is 56.3 Å². The molecule has 0 spiro atoms. The molecule has 0 aliphatic carbocycles. The molecule has 3 aromatic carbocycles. The fraction of sp³-hybridized carbons (Fsp3) is 0.286.